The van der Waals surface area contributed by atoms with Gasteiger partial charge in [0.25, 0.3) is 0 Å². The average molecular weight is 271 g/mol. The molecular formula is C13H21NO3S. The molecule has 0 aromatic heterocycles. The summed E-state index contributed by atoms with van der Waals surface area (Å²) < 4.78 is 0. The van der Waals surface area contributed by atoms with Gasteiger partial charge < -0.3 is 10.4 Å². The van der Waals surface area contributed by atoms with Gasteiger partial charge >= 0.3 is 5.97 Å². The molecule has 102 valence electrons. The molecule has 0 aromatic rings. The second kappa shape index (κ2) is 6.45. The van der Waals surface area contributed by atoms with Crippen LogP contribution in [-0.2, 0) is 9.59 Å². The third-order valence-electron chi connectivity index (χ3n) is 4.06. The Balaban J connectivity index is 1.70. The lowest BCUT2D eigenvalue weighted by Gasteiger charge is -2.22. The largest absolute Gasteiger partial charge is 0.481 e. The van der Waals surface area contributed by atoms with E-state index in [2.05, 4.69) is 5.32 Å². The summed E-state index contributed by atoms with van der Waals surface area (Å²) in [5.41, 5.74) is 0. The molecule has 0 aromatic carbocycles. The van der Waals surface area contributed by atoms with Crippen molar-refractivity contribution in [3.63, 3.8) is 0 Å². The molecule has 2 rings (SSSR count). The standard InChI is InChI=1S/C13H21NO3S/c15-12(10-1-2-11(7-10)13(16)17)14-8-9-3-5-18-6-4-9/h9-11H,1-8H2,(H,14,15)(H,16,17). The summed E-state index contributed by atoms with van der Waals surface area (Å²) in [5, 5.41) is 11.9. The van der Waals surface area contributed by atoms with Gasteiger partial charge in [0.2, 0.25) is 5.91 Å². The summed E-state index contributed by atoms with van der Waals surface area (Å²) >= 11 is 1.98. The third kappa shape index (κ3) is 3.64. The van der Waals surface area contributed by atoms with E-state index in [1.807, 2.05) is 11.8 Å². The topological polar surface area (TPSA) is 66.4 Å². The molecule has 1 amide bonds. The Morgan fingerprint density at radius 3 is 2.39 bits per heavy atom. The number of hydrogen-bond donors (Lipinski definition) is 2. The molecular weight excluding hydrogens is 250 g/mol. The first kappa shape index (κ1) is 13.7. The van der Waals surface area contributed by atoms with Crippen LogP contribution < -0.4 is 5.32 Å². The Kier molecular flexibility index (Phi) is 4.92. The molecule has 4 nitrogen and oxygen atoms in total. The van der Waals surface area contributed by atoms with Crippen molar-refractivity contribution in [3.05, 3.63) is 0 Å². The van der Waals surface area contributed by atoms with E-state index in [9.17, 15) is 9.59 Å². The van der Waals surface area contributed by atoms with Crippen molar-refractivity contribution in [2.24, 2.45) is 17.8 Å². The molecule has 1 heterocycles. The highest BCUT2D eigenvalue weighted by molar-refractivity contribution is 7.99. The molecule has 1 saturated carbocycles. The van der Waals surface area contributed by atoms with Gasteiger partial charge in [0.15, 0.2) is 0 Å². The van der Waals surface area contributed by atoms with Crippen molar-refractivity contribution >= 4 is 23.6 Å². The smallest absolute Gasteiger partial charge is 0.306 e. The summed E-state index contributed by atoms with van der Waals surface area (Å²) in [6.07, 6.45) is 4.26. The predicted molar refractivity (Wildman–Crippen MR) is 71.5 cm³/mol. The Morgan fingerprint density at radius 1 is 1.11 bits per heavy atom. The first-order valence-corrected chi connectivity index (χ1v) is 7.90. The van der Waals surface area contributed by atoms with Gasteiger partial charge in [0, 0.05) is 12.5 Å². The maximum absolute atomic E-state index is 11.9. The van der Waals surface area contributed by atoms with E-state index in [1.165, 1.54) is 24.3 Å². The minimum Gasteiger partial charge on any atom is -0.481 e. The van der Waals surface area contributed by atoms with Crippen LogP contribution in [0.5, 0.6) is 0 Å². The molecule has 0 spiro atoms. The number of aliphatic carboxylic acids is 1. The quantitative estimate of drug-likeness (QED) is 0.817. The van der Waals surface area contributed by atoms with Crippen LogP contribution in [-0.4, -0.2) is 35.0 Å². The van der Waals surface area contributed by atoms with Crippen LogP contribution in [0.1, 0.15) is 32.1 Å². The first-order chi connectivity index (χ1) is 8.66. The van der Waals surface area contributed by atoms with Gasteiger partial charge in [-0.1, -0.05) is 0 Å². The maximum atomic E-state index is 11.9. The van der Waals surface area contributed by atoms with Crippen LogP contribution >= 0.6 is 11.8 Å². The highest BCUT2D eigenvalue weighted by Crippen LogP contribution is 2.31. The summed E-state index contributed by atoms with van der Waals surface area (Å²) in [4.78, 5) is 22.8. The lowest BCUT2D eigenvalue weighted by molar-refractivity contribution is -0.141. The number of carboxylic acids is 1. The molecule has 2 aliphatic rings. The molecule has 1 aliphatic heterocycles. The molecule has 1 aliphatic carbocycles. The minimum absolute atomic E-state index is 0.0666. The molecule has 2 atom stereocenters. The fourth-order valence-corrected chi connectivity index (χ4v) is 3.99. The molecule has 0 radical (unpaired) electrons. The van der Waals surface area contributed by atoms with Gasteiger partial charge in [-0.2, -0.15) is 11.8 Å². The van der Waals surface area contributed by atoms with Crippen LogP contribution in [0.3, 0.4) is 0 Å². The van der Waals surface area contributed by atoms with E-state index in [-0.39, 0.29) is 17.7 Å². The first-order valence-electron chi connectivity index (χ1n) is 6.75. The van der Waals surface area contributed by atoms with Crippen molar-refractivity contribution in [1.82, 2.24) is 5.32 Å². The fraction of sp³-hybridized carbons (Fsp3) is 0.846. The van der Waals surface area contributed by atoms with Crippen LogP contribution in [0.25, 0.3) is 0 Å². The lowest BCUT2D eigenvalue weighted by atomic mass is 10.0. The lowest BCUT2D eigenvalue weighted by Crippen LogP contribution is -2.34. The number of rotatable bonds is 4. The summed E-state index contributed by atoms with van der Waals surface area (Å²) in [7, 11) is 0. The highest BCUT2D eigenvalue weighted by atomic mass is 32.2. The number of hydrogen-bond acceptors (Lipinski definition) is 3. The van der Waals surface area contributed by atoms with Crippen molar-refractivity contribution in [1.29, 1.82) is 0 Å². The van der Waals surface area contributed by atoms with Gasteiger partial charge in [0.1, 0.15) is 0 Å². The Bertz CT molecular complexity index is 315. The van der Waals surface area contributed by atoms with Gasteiger partial charge in [-0.25, -0.2) is 0 Å². The predicted octanol–water partition coefficient (Wildman–Crippen LogP) is 1.75. The Morgan fingerprint density at radius 2 is 1.78 bits per heavy atom. The molecule has 2 N–H and O–H groups in total. The molecule has 1 saturated heterocycles. The Hall–Kier alpha value is -0.710. The Labute approximate surface area is 112 Å². The zero-order valence-electron chi connectivity index (χ0n) is 10.6. The van der Waals surface area contributed by atoms with E-state index in [1.54, 1.807) is 0 Å². The number of thioether (sulfide) groups is 1. The molecule has 18 heavy (non-hydrogen) atoms. The van der Waals surface area contributed by atoms with Gasteiger partial charge in [-0.3, -0.25) is 9.59 Å². The highest BCUT2D eigenvalue weighted by Gasteiger charge is 2.33. The monoisotopic (exact) mass is 271 g/mol. The van der Waals surface area contributed by atoms with Crippen molar-refractivity contribution < 1.29 is 14.7 Å². The zero-order chi connectivity index (χ0) is 13.0. The number of nitrogens with one attached hydrogen (secondary N) is 1. The van der Waals surface area contributed by atoms with E-state index in [0.717, 1.165) is 13.0 Å². The summed E-state index contributed by atoms with van der Waals surface area (Å²) in [6.45, 7) is 0.771. The van der Waals surface area contributed by atoms with Crippen LogP contribution in [0.2, 0.25) is 0 Å². The van der Waals surface area contributed by atoms with Gasteiger partial charge in [0.05, 0.1) is 5.92 Å². The number of carbonyl (C=O) groups excluding carboxylic acids is 1. The number of carboxylic acid groups (broad SMARTS) is 1. The van der Waals surface area contributed by atoms with Crippen LogP contribution in [0, 0.1) is 17.8 Å². The van der Waals surface area contributed by atoms with Gasteiger partial charge in [-0.05, 0) is 49.5 Å². The van der Waals surface area contributed by atoms with Crippen molar-refractivity contribution in [2.45, 2.75) is 32.1 Å². The molecule has 2 unspecified atom stereocenters. The van der Waals surface area contributed by atoms with Crippen molar-refractivity contribution in [3.8, 4) is 0 Å². The number of carbonyl (C=O) groups is 2. The van der Waals surface area contributed by atoms with Crippen molar-refractivity contribution in [2.75, 3.05) is 18.1 Å². The number of amides is 1. The van der Waals surface area contributed by atoms with Crippen LogP contribution in [0.4, 0.5) is 0 Å². The minimum atomic E-state index is -0.755. The SMILES string of the molecule is O=C(O)C1CCC(C(=O)NCC2CCSCC2)C1. The molecule has 0 bridgehead atoms. The third-order valence-corrected chi connectivity index (χ3v) is 5.11. The second-order valence-electron chi connectivity index (χ2n) is 5.35. The molecule has 5 heteroatoms. The van der Waals surface area contributed by atoms with E-state index in [0.29, 0.717) is 18.8 Å². The van der Waals surface area contributed by atoms with E-state index >= 15 is 0 Å². The zero-order valence-corrected chi connectivity index (χ0v) is 11.4. The summed E-state index contributed by atoms with van der Waals surface area (Å²) in [6, 6.07) is 0. The molecule has 2 fully saturated rings. The normalized spacial score (nSPS) is 29.1. The van der Waals surface area contributed by atoms with E-state index < -0.39 is 5.97 Å². The average Bonchev–Trinajstić information content (AvgIpc) is 2.87. The van der Waals surface area contributed by atoms with Gasteiger partial charge in [-0.15, -0.1) is 0 Å². The van der Waals surface area contributed by atoms with E-state index in [4.69, 9.17) is 5.11 Å². The fourth-order valence-electron chi connectivity index (χ4n) is 2.78. The van der Waals surface area contributed by atoms with Crippen LogP contribution in [0.15, 0.2) is 0 Å². The summed E-state index contributed by atoms with van der Waals surface area (Å²) in [5.74, 6) is 1.94. The maximum Gasteiger partial charge on any atom is 0.306 e. The second-order valence-corrected chi connectivity index (χ2v) is 6.57.